The minimum atomic E-state index is -0.122. The summed E-state index contributed by atoms with van der Waals surface area (Å²) >= 11 is 0. The SMILES string of the molecule is COc1ccccc1OCC(=O)N1CCN(C(=O)CCOc2ccc(O)cc2)CC1. The number of hydrogen-bond donors (Lipinski definition) is 1. The molecule has 160 valence electrons. The molecular weight excluding hydrogens is 388 g/mol. The topological polar surface area (TPSA) is 88.5 Å². The zero-order valence-electron chi connectivity index (χ0n) is 17.0. The van der Waals surface area contributed by atoms with Crippen molar-refractivity contribution in [2.75, 3.05) is 46.5 Å². The Morgan fingerprint density at radius 3 is 2.10 bits per heavy atom. The van der Waals surface area contributed by atoms with E-state index in [1.165, 1.54) is 12.1 Å². The Hall–Kier alpha value is -3.42. The van der Waals surface area contributed by atoms with Gasteiger partial charge < -0.3 is 29.1 Å². The van der Waals surface area contributed by atoms with Crippen LogP contribution >= 0.6 is 0 Å². The van der Waals surface area contributed by atoms with Crippen molar-refractivity contribution in [2.24, 2.45) is 0 Å². The van der Waals surface area contributed by atoms with Crippen LogP contribution in [0, 0.1) is 0 Å². The molecule has 1 fully saturated rings. The van der Waals surface area contributed by atoms with Crippen molar-refractivity contribution >= 4 is 11.8 Å². The number of aromatic hydroxyl groups is 1. The van der Waals surface area contributed by atoms with Gasteiger partial charge >= 0.3 is 0 Å². The molecule has 3 rings (SSSR count). The Labute approximate surface area is 175 Å². The lowest BCUT2D eigenvalue weighted by molar-refractivity contribution is -0.141. The molecule has 1 heterocycles. The lowest BCUT2D eigenvalue weighted by Crippen LogP contribution is -2.51. The van der Waals surface area contributed by atoms with Crippen LogP contribution in [-0.2, 0) is 9.59 Å². The van der Waals surface area contributed by atoms with Crippen LogP contribution in [0.1, 0.15) is 6.42 Å². The molecule has 0 radical (unpaired) electrons. The molecule has 0 aliphatic carbocycles. The molecule has 1 N–H and O–H groups in total. The van der Waals surface area contributed by atoms with Gasteiger partial charge in [-0.3, -0.25) is 9.59 Å². The molecule has 1 saturated heterocycles. The lowest BCUT2D eigenvalue weighted by atomic mass is 10.2. The summed E-state index contributed by atoms with van der Waals surface area (Å²) in [5.74, 6) is 1.74. The summed E-state index contributed by atoms with van der Waals surface area (Å²) in [6.45, 7) is 2.10. The molecule has 0 bridgehead atoms. The second-order valence-electron chi connectivity index (χ2n) is 6.79. The fourth-order valence-corrected chi connectivity index (χ4v) is 3.13. The molecule has 30 heavy (non-hydrogen) atoms. The largest absolute Gasteiger partial charge is 0.508 e. The molecule has 2 aromatic rings. The predicted octanol–water partition coefficient (Wildman–Crippen LogP) is 1.92. The number of ether oxygens (including phenoxy) is 3. The number of phenolic OH excluding ortho intramolecular Hbond substituents is 1. The fourth-order valence-electron chi connectivity index (χ4n) is 3.13. The summed E-state index contributed by atoms with van der Waals surface area (Å²) in [4.78, 5) is 28.2. The van der Waals surface area contributed by atoms with Gasteiger partial charge in [-0.1, -0.05) is 12.1 Å². The standard InChI is InChI=1S/C22H26N2O6/c1-28-19-4-2-3-5-20(19)30-16-22(27)24-13-11-23(12-14-24)21(26)10-15-29-18-8-6-17(25)7-9-18/h2-9,25H,10-16H2,1H3. The fraction of sp³-hybridized carbons (Fsp3) is 0.364. The van der Waals surface area contributed by atoms with Gasteiger partial charge in [0.1, 0.15) is 11.5 Å². The number of piperazine rings is 1. The quantitative estimate of drug-likeness (QED) is 0.710. The third kappa shape index (κ3) is 5.79. The number of amides is 2. The second-order valence-corrected chi connectivity index (χ2v) is 6.79. The van der Waals surface area contributed by atoms with E-state index < -0.39 is 0 Å². The van der Waals surface area contributed by atoms with Gasteiger partial charge in [0.2, 0.25) is 5.91 Å². The highest BCUT2D eigenvalue weighted by Crippen LogP contribution is 2.25. The van der Waals surface area contributed by atoms with Gasteiger partial charge in [-0.05, 0) is 36.4 Å². The van der Waals surface area contributed by atoms with Crippen LogP contribution in [0.15, 0.2) is 48.5 Å². The lowest BCUT2D eigenvalue weighted by Gasteiger charge is -2.34. The highest BCUT2D eigenvalue weighted by Gasteiger charge is 2.24. The van der Waals surface area contributed by atoms with Gasteiger partial charge in [0, 0.05) is 26.2 Å². The van der Waals surface area contributed by atoms with E-state index in [0.717, 1.165) is 0 Å². The number of rotatable bonds is 8. The molecule has 1 aliphatic heterocycles. The summed E-state index contributed by atoms with van der Waals surface area (Å²) in [6, 6.07) is 13.5. The summed E-state index contributed by atoms with van der Waals surface area (Å²) in [5, 5.41) is 9.26. The van der Waals surface area contributed by atoms with Crippen LogP contribution in [0.3, 0.4) is 0 Å². The van der Waals surface area contributed by atoms with Crippen molar-refractivity contribution in [3.05, 3.63) is 48.5 Å². The Balaban J connectivity index is 1.37. The first kappa shape index (κ1) is 21.3. The number of carbonyl (C=O) groups is 2. The number of benzene rings is 2. The van der Waals surface area contributed by atoms with Gasteiger partial charge in [-0.2, -0.15) is 0 Å². The number of para-hydroxylation sites is 2. The van der Waals surface area contributed by atoms with Crippen molar-refractivity contribution in [1.29, 1.82) is 0 Å². The van der Waals surface area contributed by atoms with E-state index in [2.05, 4.69) is 0 Å². The van der Waals surface area contributed by atoms with Gasteiger partial charge in [0.15, 0.2) is 18.1 Å². The van der Waals surface area contributed by atoms with Crippen molar-refractivity contribution in [2.45, 2.75) is 6.42 Å². The first-order chi connectivity index (χ1) is 14.6. The van der Waals surface area contributed by atoms with Crippen LogP contribution < -0.4 is 14.2 Å². The van der Waals surface area contributed by atoms with Gasteiger partial charge in [0.05, 0.1) is 20.1 Å². The molecule has 0 aromatic heterocycles. The van der Waals surface area contributed by atoms with Crippen molar-refractivity contribution in [3.63, 3.8) is 0 Å². The number of hydrogen-bond acceptors (Lipinski definition) is 6. The molecule has 0 unspecified atom stereocenters. The molecule has 8 heteroatoms. The van der Waals surface area contributed by atoms with Crippen LogP contribution in [0.5, 0.6) is 23.0 Å². The van der Waals surface area contributed by atoms with Gasteiger partial charge in [-0.15, -0.1) is 0 Å². The number of phenols is 1. The van der Waals surface area contributed by atoms with Crippen molar-refractivity contribution < 1.29 is 28.9 Å². The minimum Gasteiger partial charge on any atom is -0.508 e. The Bertz CT molecular complexity index is 847. The highest BCUT2D eigenvalue weighted by atomic mass is 16.5. The van der Waals surface area contributed by atoms with Crippen LogP contribution in [-0.4, -0.2) is 73.2 Å². The van der Waals surface area contributed by atoms with Gasteiger partial charge in [0.25, 0.3) is 5.91 Å². The summed E-state index contributed by atoms with van der Waals surface area (Å²) in [6.07, 6.45) is 0.256. The molecule has 2 amide bonds. The molecular formula is C22H26N2O6. The highest BCUT2D eigenvalue weighted by molar-refractivity contribution is 5.79. The first-order valence-electron chi connectivity index (χ1n) is 9.80. The van der Waals surface area contributed by atoms with E-state index in [4.69, 9.17) is 14.2 Å². The zero-order valence-corrected chi connectivity index (χ0v) is 17.0. The summed E-state index contributed by atoms with van der Waals surface area (Å²) in [7, 11) is 1.55. The second kappa shape index (κ2) is 10.4. The first-order valence-corrected chi connectivity index (χ1v) is 9.80. The number of nitrogens with zero attached hydrogens (tertiary/aromatic N) is 2. The van der Waals surface area contributed by atoms with Gasteiger partial charge in [-0.25, -0.2) is 0 Å². The molecule has 1 aliphatic rings. The Kier molecular flexibility index (Phi) is 7.37. The molecule has 8 nitrogen and oxygen atoms in total. The Morgan fingerprint density at radius 1 is 0.867 bits per heavy atom. The third-order valence-corrected chi connectivity index (χ3v) is 4.83. The van der Waals surface area contributed by atoms with E-state index in [9.17, 15) is 14.7 Å². The Morgan fingerprint density at radius 2 is 1.47 bits per heavy atom. The van der Waals surface area contributed by atoms with Crippen LogP contribution in [0.25, 0.3) is 0 Å². The van der Waals surface area contributed by atoms with E-state index in [1.807, 2.05) is 12.1 Å². The van der Waals surface area contributed by atoms with Crippen molar-refractivity contribution in [1.82, 2.24) is 9.80 Å². The average molecular weight is 414 g/mol. The number of carbonyl (C=O) groups excluding carboxylic acids is 2. The van der Waals surface area contributed by atoms with Crippen LogP contribution in [0.2, 0.25) is 0 Å². The van der Waals surface area contributed by atoms with E-state index in [0.29, 0.717) is 43.4 Å². The molecule has 0 atom stereocenters. The maximum atomic E-state index is 12.4. The van der Waals surface area contributed by atoms with E-state index >= 15 is 0 Å². The monoisotopic (exact) mass is 414 g/mol. The number of methoxy groups -OCH3 is 1. The molecule has 0 saturated carbocycles. The van der Waals surface area contributed by atoms with Crippen molar-refractivity contribution in [3.8, 4) is 23.0 Å². The zero-order chi connectivity index (χ0) is 21.3. The summed E-state index contributed by atoms with van der Waals surface area (Å²) in [5.41, 5.74) is 0. The van der Waals surface area contributed by atoms with E-state index in [-0.39, 0.29) is 37.2 Å². The molecule has 2 aromatic carbocycles. The third-order valence-electron chi connectivity index (χ3n) is 4.83. The van der Waals surface area contributed by atoms with Crippen LogP contribution in [0.4, 0.5) is 0 Å². The van der Waals surface area contributed by atoms with E-state index in [1.54, 1.807) is 41.2 Å². The predicted molar refractivity (Wildman–Crippen MR) is 110 cm³/mol. The maximum absolute atomic E-state index is 12.4. The normalized spacial score (nSPS) is 13.6. The average Bonchev–Trinajstić information content (AvgIpc) is 2.79. The smallest absolute Gasteiger partial charge is 0.260 e. The summed E-state index contributed by atoms with van der Waals surface area (Å²) < 4.78 is 16.3. The maximum Gasteiger partial charge on any atom is 0.260 e. The minimum absolute atomic E-state index is 0.00820. The molecule has 0 spiro atoms.